The molecule has 2 amide bonds. The second kappa shape index (κ2) is 9.66. The van der Waals surface area contributed by atoms with Crippen molar-refractivity contribution in [3.63, 3.8) is 0 Å². The molecule has 7 heteroatoms. The molecule has 0 spiro atoms. The average Bonchev–Trinajstić information content (AvgIpc) is 3.17. The van der Waals surface area contributed by atoms with E-state index in [1.165, 1.54) is 6.07 Å². The van der Waals surface area contributed by atoms with Gasteiger partial charge in [0.2, 0.25) is 11.8 Å². The third-order valence-corrected chi connectivity index (χ3v) is 6.13. The SMILES string of the molecule is CC(C)(C)c1ccc(CC(=O)[C@H](NC(=O)[C@@H]2CNC(=O)C2)c2ccc(C(C)(C)O)cc2)cc1F. The van der Waals surface area contributed by atoms with Crippen molar-refractivity contribution >= 4 is 17.6 Å². The summed E-state index contributed by atoms with van der Waals surface area (Å²) in [5.41, 5.74) is 0.881. The van der Waals surface area contributed by atoms with Gasteiger partial charge in [0.1, 0.15) is 11.9 Å². The van der Waals surface area contributed by atoms with E-state index in [4.69, 9.17) is 0 Å². The van der Waals surface area contributed by atoms with Crippen molar-refractivity contribution in [1.82, 2.24) is 10.6 Å². The monoisotopic (exact) mass is 468 g/mol. The minimum absolute atomic E-state index is 0.0681. The highest BCUT2D eigenvalue weighted by atomic mass is 19.1. The predicted octanol–water partition coefficient (Wildman–Crippen LogP) is 3.46. The predicted molar refractivity (Wildman–Crippen MR) is 127 cm³/mol. The van der Waals surface area contributed by atoms with Crippen molar-refractivity contribution in [1.29, 1.82) is 0 Å². The van der Waals surface area contributed by atoms with E-state index in [2.05, 4.69) is 10.6 Å². The van der Waals surface area contributed by atoms with E-state index in [0.29, 0.717) is 22.3 Å². The van der Waals surface area contributed by atoms with Crippen molar-refractivity contribution in [3.8, 4) is 0 Å². The Morgan fingerprint density at radius 1 is 1.12 bits per heavy atom. The molecule has 0 bridgehead atoms. The molecule has 0 aromatic heterocycles. The van der Waals surface area contributed by atoms with Crippen molar-refractivity contribution in [2.24, 2.45) is 5.92 Å². The normalized spacial score (nSPS) is 17.3. The Morgan fingerprint density at radius 3 is 2.26 bits per heavy atom. The highest BCUT2D eigenvalue weighted by Crippen LogP contribution is 2.27. The highest BCUT2D eigenvalue weighted by Gasteiger charge is 2.32. The standard InChI is InChI=1S/C27H33FN2O4/c1-26(2,3)20-11-6-16(12-21(20)28)13-22(31)24(30-25(33)18-14-23(32)29-15-18)17-7-9-19(10-8-17)27(4,5)34/h6-12,18,24,34H,13-15H2,1-5H3,(H,29,32)(H,30,33)/t18-,24+/m0/s1. The van der Waals surface area contributed by atoms with E-state index >= 15 is 0 Å². The first-order valence-corrected chi connectivity index (χ1v) is 11.5. The Bertz CT molecular complexity index is 1080. The van der Waals surface area contributed by atoms with E-state index in [-0.39, 0.29) is 42.3 Å². The summed E-state index contributed by atoms with van der Waals surface area (Å²) in [6.07, 6.45) is 0.00520. The van der Waals surface area contributed by atoms with Crippen molar-refractivity contribution in [2.45, 2.75) is 64.5 Å². The average molecular weight is 469 g/mol. The number of aliphatic hydroxyl groups is 1. The molecule has 34 heavy (non-hydrogen) atoms. The lowest BCUT2D eigenvalue weighted by molar-refractivity contribution is -0.130. The molecule has 1 saturated heterocycles. The number of hydrogen-bond donors (Lipinski definition) is 3. The van der Waals surface area contributed by atoms with Crippen LogP contribution in [-0.4, -0.2) is 29.2 Å². The molecule has 6 nitrogen and oxygen atoms in total. The Kier molecular flexibility index (Phi) is 7.26. The lowest BCUT2D eigenvalue weighted by atomic mass is 9.85. The largest absolute Gasteiger partial charge is 0.386 e. The molecule has 0 unspecified atom stereocenters. The smallest absolute Gasteiger partial charge is 0.226 e. The number of hydrogen-bond acceptors (Lipinski definition) is 4. The molecule has 0 radical (unpaired) electrons. The summed E-state index contributed by atoms with van der Waals surface area (Å²) in [6.45, 7) is 9.30. The van der Waals surface area contributed by atoms with Crippen LogP contribution in [0.1, 0.15) is 69.3 Å². The van der Waals surface area contributed by atoms with Gasteiger partial charge in [-0.05, 0) is 47.6 Å². The topological polar surface area (TPSA) is 95.5 Å². The molecule has 1 heterocycles. The Balaban J connectivity index is 1.86. The number of ketones is 1. The van der Waals surface area contributed by atoms with Crippen molar-refractivity contribution in [3.05, 3.63) is 70.5 Å². The quantitative estimate of drug-likeness (QED) is 0.580. The molecule has 1 aliphatic heterocycles. The number of halogens is 1. The number of nitrogens with one attached hydrogen (secondary N) is 2. The fourth-order valence-electron chi connectivity index (χ4n) is 4.06. The zero-order chi connectivity index (χ0) is 25.3. The molecule has 1 aliphatic rings. The summed E-state index contributed by atoms with van der Waals surface area (Å²) in [5.74, 6) is -1.82. The van der Waals surface area contributed by atoms with Crippen molar-refractivity contribution < 1.29 is 23.9 Å². The van der Waals surface area contributed by atoms with Crippen LogP contribution >= 0.6 is 0 Å². The van der Waals surface area contributed by atoms with E-state index in [1.807, 2.05) is 20.8 Å². The van der Waals surface area contributed by atoms with Crippen LogP contribution in [0.5, 0.6) is 0 Å². The Hall–Kier alpha value is -3.06. The third kappa shape index (κ3) is 6.08. The van der Waals surface area contributed by atoms with E-state index < -0.39 is 23.5 Å². The first-order valence-electron chi connectivity index (χ1n) is 11.5. The number of benzene rings is 2. The van der Waals surface area contributed by atoms with Crippen LogP contribution in [0, 0.1) is 11.7 Å². The summed E-state index contributed by atoms with van der Waals surface area (Å²) in [7, 11) is 0. The maximum absolute atomic E-state index is 14.7. The van der Waals surface area contributed by atoms with E-state index in [0.717, 1.165) is 0 Å². The van der Waals surface area contributed by atoms with Crippen LogP contribution < -0.4 is 10.6 Å². The maximum Gasteiger partial charge on any atom is 0.226 e. The number of amides is 2. The molecule has 182 valence electrons. The van der Waals surface area contributed by atoms with Gasteiger partial charge < -0.3 is 15.7 Å². The fraction of sp³-hybridized carbons (Fsp3) is 0.444. The molecule has 0 aliphatic carbocycles. The van der Waals surface area contributed by atoms with E-state index in [1.54, 1.807) is 50.2 Å². The van der Waals surface area contributed by atoms with Gasteiger partial charge in [-0.25, -0.2) is 4.39 Å². The van der Waals surface area contributed by atoms with Gasteiger partial charge in [-0.15, -0.1) is 0 Å². The van der Waals surface area contributed by atoms with Crippen LogP contribution in [0.3, 0.4) is 0 Å². The molecule has 2 atom stereocenters. The summed E-state index contributed by atoms with van der Waals surface area (Å²) in [6, 6.07) is 10.6. The summed E-state index contributed by atoms with van der Waals surface area (Å²) >= 11 is 0. The van der Waals surface area contributed by atoms with Crippen molar-refractivity contribution in [2.75, 3.05) is 6.54 Å². The molecule has 2 aromatic rings. The minimum Gasteiger partial charge on any atom is -0.386 e. The van der Waals surface area contributed by atoms with Crippen LogP contribution in [0.4, 0.5) is 4.39 Å². The van der Waals surface area contributed by atoms with Crippen LogP contribution in [0.25, 0.3) is 0 Å². The summed E-state index contributed by atoms with van der Waals surface area (Å²) < 4.78 is 14.7. The zero-order valence-corrected chi connectivity index (χ0v) is 20.4. The third-order valence-electron chi connectivity index (χ3n) is 6.13. The van der Waals surface area contributed by atoms with Gasteiger partial charge in [-0.1, -0.05) is 57.2 Å². The first-order chi connectivity index (χ1) is 15.8. The lowest BCUT2D eigenvalue weighted by Crippen LogP contribution is -2.39. The van der Waals surface area contributed by atoms with Crippen LogP contribution in [0.2, 0.25) is 0 Å². The molecule has 3 N–H and O–H groups in total. The molecular formula is C27H33FN2O4. The molecular weight excluding hydrogens is 435 g/mol. The molecule has 3 rings (SSSR count). The summed E-state index contributed by atoms with van der Waals surface area (Å²) in [5, 5.41) is 15.6. The van der Waals surface area contributed by atoms with Gasteiger partial charge in [0, 0.05) is 19.4 Å². The van der Waals surface area contributed by atoms with Gasteiger partial charge in [0.25, 0.3) is 0 Å². The summed E-state index contributed by atoms with van der Waals surface area (Å²) in [4.78, 5) is 37.7. The number of rotatable bonds is 7. The second-order valence-electron chi connectivity index (χ2n) is 10.5. The lowest BCUT2D eigenvalue weighted by Gasteiger charge is -2.23. The molecule has 0 saturated carbocycles. The molecule has 2 aromatic carbocycles. The Morgan fingerprint density at radius 2 is 1.76 bits per heavy atom. The van der Waals surface area contributed by atoms with Crippen LogP contribution in [-0.2, 0) is 31.8 Å². The van der Waals surface area contributed by atoms with Gasteiger partial charge in [-0.3, -0.25) is 14.4 Å². The number of carbonyl (C=O) groups excluding carboxylic acids is 3. The highest BCUT2D eigenvalue weighted by molar-refractivity contribution is 5.94. The second-order valence-corrected chi connectivity index (χ2v) is 10.5. The van der Waals surface area contributed by atoms with Gasteiger partial charge >= 0.3 is 0 Å². The van der Waals surface area contributed by atoms with Crippen LogP contribution in [0.15, 0.2) is 42.5 Å². The Labute approximate surface area is 200 Å². The fourth-order valence-corrected chi connectivity index (χ4v) is 4.06. The number of Topliss-reactive ketones (excluding diaryl/α,β-unsaturated/α-hetero) is 1. The molecule has 1 fully saturated rings. The van der Waals surface area contributed by atoms with E-state index in [9.17, 15) is 23.9 Å². The maximum atomic E-state index is 14.7. The van der Waals surface area contributed by atoms with Gasteiger partial charge in [-0.2, -0.15) is 0 Å². The van der Waals surface area contributed by atoms with Gasteiger partial charge in [0.15, 0.2) is 5.78 Å². The van der Waals surface area contributed by atoms with Gasteiger partial charge in [0.05, 0.1) is 11.5 Å². The number of carbonyl (C=O) groups is 3. The first kappa shape index (κ1) is 25.6. The minimum atomic E-state index is -1.05. The zero-order valence-electron chi connectivity index (χ0n) is 20.4.